The quantitative estimate of drug-likeness (QED) is 0.874. The largest absolute Gasteiger partial charge is 0.385 e. The van der Waals surface area contributed by atoms with Gasteiger partial charge in [0, 0.05) is 6.42 Å². The second kappa shape index (κ2) is 5.58. The van der Waals surface area contributed by atoms with Gasteiger partial charge < -0.3 is 5.11 Å². The van der Waals surface area contributed by atoms with E-state index in [-0.39, 0.29) is 0 Å². The zero-order chi connectivity index (χ0) is 13.9. The average Bonchev–Trinajstić information content (AvgIpc) is 2.40. The van der Waals surface area contributed by atoms with Gasteiger partial charge in [0.1, 0.15) is 0 Å². The third-order valence-electron chi connectivity index (χ3n) is 3.65. The Balaban J connectivity index is 2.17. The van der Waals surface area contributed by atoms with Crippen LogP contribution in [0.5, 0.6) is 0 Å². The smallest absolute Gasteiger partial charge is 0.0908 e. The van der Waals surface area contributed by atoms with Crippen molar-refractivity contribution in [2.24, 2.45) is 0 Å². The second-order valence-corrected chi connectivity index (χ2v) is 5.49. The summed E-state index contributed by atoms with van der Waals surface area (Å²) in [7, 11) is 0. The minimum Gasteiger partial charge on any atom is -0.385 e. The fourth-order valence-corrected chi connectivity index (χ4v) is 2.30. The Morgan fingerprint density at radius 3 is 1.95 bits per heavy atom. The molecule has 2 aromatic rings. The molecule has 19 heavy (non-hydrogen) atoms. The summed E-state index contributed by atoms with van der Waals surface area (Å²) in [6, 6.07) is 16.6. The molecule has 0 spiro atoms. The lowest BCUT2D eigenvalue weighted by atomic mass is 9.88. The van der Waals surface area contributed by atoms with Crippen molar-refractivity contribution in [3.8, 4) is 0 Å². The fraction of sp³-hybridized carbons (Fsp3) is 0.333. The van der Waals surface area contributed by atoms with Crippen LogP contribution < -0.4 is 0 Å². The Hall–Kier alpha value is -1.60. The van der Waals surface area contributed by atoms with Crippen LogP contribution in [0, 0.1) is 6.92 Å². The number of benzene rings is 2. The number of aryl methyl sites for hydroxylation is 2. The molecule has 0 aliphatic carbocycles. The minimum absolute atomic E-state index is 0.639. The summed E-state index contributed by atoms with van der Waals surface area (Å²) in [6.45, 7) is 6.09. The van der Waals surface area contributed by atoms with Gasteiger partial charge in [-0.05, 0) is 37.0 Å². The van der Waals surface area contributed by atoms with Crippen LogP contribution in [-0.4, -0.2) is 5.11 Å². The molecule has 0 saturated carbocycles. The van der Waals surface area contributed by atoms with Crippen molar-refractivity contribution >= 4 is 0 Å². The maximum atomic E-state index is 10.7. The van der Waals surface area contributed by atoms with Gasteiger partial charge in [-0.25, -0.2) is 0 Å². The highest BCUT2D eigenvalue weighted by atomic mass is 16.3. The van der Waals surface area contributed by atoms with Gasteiger partial charge in [0.25, 0.3) is 0 Å². The van der Waals surface area contributed by atoms with Crippen LogP contribution in [0.1, 0.15) is 36.1 Å². The molecule has 0 bridgehead atoms. The van der Waals surface area contributed by atoms with E-state index in [1.54, 1.807) is 0 Å². The van der Waals surface area contributed by atoms with Gasteiger partial charge in [0.15, 0.2) is 0 Å². The van der Waals surface area contributed by atoms with Crippen molar-refractivity contribution in [3.63, 3.8) is 0 Å². The highest BCUT2D eigenvalue weighted by molar-refractivity contribution is 5.30. The van der Waals surface area contributed by atoms with Crippen molar-refractivity contribution in [2.75, 3.05) is 0 Å². The van der Waals surface area contributed by atoms with Gasteiger partial charge in [-0.15, -0.1) is 0 Å². The van der Waals surface area contributed by atoms with Crippen molar-refractivity contribution in [1.82, 2.24) is 0 Å². The zero-order valence-electron chi connectivity index (χ0n) is 12.0. The first-order valence-electron chi connectivity index (χ1n) is 6.88. The molecule has 1 N–H and O–H groups in total. The predicted octanol–water partition coefficient (Wildman–Crippen LogP) is 4.01. The number of aliphatic hydroxyl groups is 1. The van der Waals surface area contributed by atoms with Gasteiger partial charge in [-0.3, -0.25) is 0 Å². The van der Waals surface area contributed by atoms with E-state index < -0.39 is 5.60 Å². The molecule has 0 fully saturated rings. The number of hydrogen-bond donors (Lipinski definition) is 1. The third kappa shape index (κ3) is 3.45. The molecule has 0 amide bonds. The second-order valence-electron chi connectivity index (χ2n) is 5.49. The van der Waals surface area contributed by atoms with E-state index in [1.807, 2.05) is 31.2 Å². The Labute approximate surface area is 115 Å². The van der Waals surface area contributed by atoms with Crippen LogP contribution in [0.4, 0.5) is 0 Å². The van der Waals surface area contributed by atoms with Crippen LogP contribution >= 0.6 is 0 Å². The van der Waals surface area contributed by atoms with Crippen molar-refractivity contribution in [1.29, 1.82) is 0 Å². The van der Waals surface area contributed by atoms with Gasteiger partial charge in [-0.1, -0.05) is 61.0 Å². The van der Waals surface area contributed by atoms with Crippen molar-refractivity contribution in [2.45, 2.75) is 39.2 Å². The molecule has 1 atom stereocenters. The predicted molar refractivity (Wildman–Crippen MR) is 80.3 cm³/mol. The molecular weight excluding hydrogens is 232 g/mol. The van der Waals surface area contributed by atoms with Gasteiger partial charge in [0.2, 0.25) is 0 Å². The topological polar surface area (TPSA) is 20.2 Å². The molecule has 0 aliphatic heterocycles. The van der Waals surface area contributed by atoms with E-state index in [0.717, 1.165) is 12.0 Å². The van der Waals surface area contributed by atoms with E-state index in [4.69, 9.17) is 0 Å². The molecule has 0 radical (unpaired) electrons. The maximum Gasteiger partial charge on any atom is 0.0908 e. The Morgan fingerprint density at radius 2 is 1.42 bits per heavy atom. The van der Waals surface area contributed by atoms with Crippen LogP contribution in [0.3, 0.4) is 0 Å². The van der Waals surface area contributed by atoms with E-state index in [1.165, 1.54) is 16.7 Å². The van der Waals surface area contributed by atoms with E-state index in [9.17, 15) is 5.11 Å². The Morgan fingerprint density at radius 1 is 0.895 bits per heavy atom. The molecule has 0 saturated heterocycles. The van der Waals surface area contributed by atoms with E-state index >= 15 is 0 Å². The molecular formula is C18H22O. The maximum absolute atomic E-state index is 10.7. The van der Waals surface area contributed by atoms with Gasteiger partial charge >= 0.3 is 0 Å². The Kier molecular flexibility index (Phi) is 4.06. The lowest BCUT2D eigenvalue weighted by Crippen LogP contribution is -2.24. The first-order valence-corrected chi connectivity index (χ1v) is 6.88. The highest BCUT2D eigenvalue weighted by Gasteiger charge is 2.23. The standard InChI is InChI=1S/C18H22O/c1-4-15-7-9-16(10-8-15)13-18(3,19)17-11-5-14(2)6-12-17/h5-12,19H,4,13H2,1-3H3. The van der Waals surface area contributed by atoms with Crippen LogP contribution in [0.25, 0.3) is 0 Å². The van der Waals surface area contributed by atoms with E-state index in [2.05, 4.69) is 38.1 Å². The number of hydrogen-bond acceptors (Lipinski definition) is 1. The summed E-state index contributed by atoms with van der Waals surface area (Å²) >= 11 is 0. The normalized spacial score (nSPS) is 14.1. The first-order chi connectivity index (χ1) is 9.01. The lowest BCUT2D eigenvalue weighted by molar-refractivity contribution is 0.0576. The molecule has 0 heterocycles. The fourth-order valence-electron chi connectivity index (χ4n) is 2.30. The summed E-state index contributed by atoms with van der Waals surface area (Å²) < 4.78 is 0. The van der Waals surface area contributed by atoms with Crippen LogP contribution in [0.2, 0.25) is 0 Å². The minimum atomic E-state index is -0.818. The summed E-state index contributed by atoms with van der Waals surface area (Å²) in [5, 5.41) is 10.7. The van der Waals surface area contributed by atoms with Crippen LogP contribution in [0.15, 0.2) is 48.5 Å². The molecule has 2 rings (SSSR count). The zero-order valence-corrected chi connectivity index (χ0v) is 12.0. The summed E-state index contributed by atoms with van der Waals surface area (Å²) in [5.41, 5.74) is 3.87. The van der Waals surface area contributed by atoms with Gasteiger partial charge in [0.05, 0.1) is 5.60 Å². The summed E-state index contributed by atoms with van der Waals surface area (Å²) in [5.74, 6) is 0. The van der Waals surface area contributed by atoms with E-state index in [0.29, 0.717) is 6.42 Å². The monoisotopic (exact) mass is 254 g/mol. The third-order valence-corrected chi connectivity index (χ3v) is 3.65. The number of rotatable bonds is 4. The first kappa shape index (κ1) is 13.8. The molecule has 1 heteroatoms. The van der Waals surface area contributed by atoms with Crippen molar-refractivity contribution < 1.29 is 5.11 Å². The molecule has 0 aliphatic rings. The molecule has 1 unspecified atom stereocenters. The van der Waals surface area contributed by atoms with Gasteiger partial charge in [-0.2, -0.15) is 0 Å². The molecule has 1 nitrogen and oxygen atoms in total. The highest BCUT2D eigenvalue weighted by Crippen LogP contribution is 2.25. The van der Waals surface area contributed by atoms with Crippen LogP contribution in [-0.2, 0) is 18.4 Å². The molecule has 0 aromatic heterocycles. The average molecular weight is 254 g/mol. The molecule has 2 aromatic carbocycles. The Bertz CT molecular complexity index is 521. The van der Waals surface area contributed by atoms with Crippen molar-refractivity contribution in [3.05, 3.63) is 70.8 Å². The SMILES string of the molecule is CCc1ccc(CC(C)(O)c2ccc(C)cc2)cc1. The molecule has 100 valence electrons. The summed E-state index contributed by atoms with van der Waals surface area (Å²) in [4.78, 5) is 0. The lowest BCUT2D eigenvalue weighted by Gasteiger charge is -2.24. The summed E-state index contributed by atoms with van der Waals surface area (Å²) in [6.07, 6.45) is 1.69.